The third-order valence-corrected chi connectivity index (χ3v) is 5.01. The van der Waals surface area contributed by atoms with E-state index in [1.165, 1.54) is 6.42 Å². The molecule has 0 heterocycles. The van der Waals surface area contributed by atoms with E-state index < -0.39 is 6.10 Å². The molecule has 0 amide bonds. The Morgan fingerprint density at radius 2 is 1.71 bits per heavy atom. The van der Waals surface area contributed by atoms with E-state index in [0.717, 1.165) is 24.3 Å². The Morgan fingerprint density at radius 3 is 2.29 bits per heavy atom. The minimum Gasteiger partial charge on any atom is -0.386 e. The summed E-state index contributed by atoms with van der Waals surface area (Å²) in [6.45, 7) is 8.91. The zero-order valence-corrected chi connectivity index (χ0v) is 13.8. The summed E-state index contributed by atoms with van der Waals surface area (Å²) in [5, 5.41) is 10.7. The Labute approximate surface area is 129 Å². The van der Waals surface area contributed by atoms with Crippen molar-refractivity contribution in [1.82, 2.24) is 0 Å². The predicted octanol–water partition coefficient (Wildman–Crippen LogP) is 4.59. The molecule has 1 fully saturated rings. The van der Waals surface area contributed by atoms with Gasteiger partial charge in [0.1, 0.15) is 6.10 Å². The molecule has 0 aliphatic heterocycles. The molecule has 21 heavy (non-hydrogen) atoms. The SMILES string of the molecule is CC(C)C(OC1CCC(C)C(C)C1)C(O)c1ccccc1. The van der Waals surface area contributed by atoms with Gasteiger partial charge in [-0.05, 0) is 42.6 Å². The summed E-state index contributed by atoms with van der Waals surface area (Å²) in [6.07, 6.45) is 3.10. The fraction of sp³-hybridized carbons (Fsp3) is 0.684. The van der Waals surface area contributed by atoms with Gasteiger partial charge in [0.05, 0.1) is 12.2 Å². The van der Waals surface area contributed by atoms with Crippen LogP contribution in [-0.4, -0.2) is 17.3 Å². The average molecular weight is 290 g/mol. The Hall–Kier alpha value is -0.860. The predicted molar refractivity (Wildman–Crippen MR) is 87.1 cm³/mol. The monoisotopic (exact) mass is 290 g/mol. The summed E-state index contributed by atoms with van der Waals surface area (Å²) >= 11 is 0. The van der Waals surface area contributed by atoms with Crippen molar-refractivity contribution in [2.75, 3.05) is 0 Å². The molecule has 0 radical (unpaired) electrons. The van der Waals surface area contributed by atoms with Crippen molar-refractivity contribution in [1.29, 1.82) is 0 Å². The van der Waals surface area contributed by atoms with Crippen LogP contribution in [0.1, 0.15) is 58.6 Å². The highest BCUT2D eigenvalue weighted by molar-refractivity contribution is 5.18. The lowest BCUT2D eigenvalue weighted by Gasteiger charge is -2.37. The van der Waals surface area contributed by atoms with Crippen LogP contribution in [0.3, 0.4) is 0 Å². The van der Waals surface area contributed by atoms with Crippen LogP contribution in [0.4, 0.5) is 0 Å². The molecule has 0 aromatic heterocycles. The van der Waals surface area contributed by atoms with E-state index in [4.69, 9.17) is 4.74 Å². The van der Waals surface area contributed by atoms with Crippen LogP contribution >= 0.6 is 0 Å². The highest BCUT2D eigenvalue weighted by Gasteiger charge is 2.31. The summed E-state index contributed by atoms with van der Waals surface area (Å²) in [7, 11) is 0. The maximum Gasteiger partial charge on any atom is 0.105 e. The summed E-state index contributed by atoms with van der Waals surface area (Å²) < 4.78 is 6.34. The van der Waals surface area contributed by atoms with Crippen molar-refractivity contribution in [3.63, 3.8) is 0 Å². The third-order valence-electron chi connectivity index (χ3n) is 5.01. The fourth-order valence-electron chi connectivity index (χ4n) is 3.28. The molecule has 118 valence electrons. The maximum absolute atomic E-state index is 10.7. The van der Waals surface area contributed by atoms with Gasteiger partial charge in [0.25, 0.3) is 0 Å². The molecule has 1 N–H and O–H groups in total. The largest absolute Gasteiger partial charge is 0.386 e. The van der Waals surface area contributed by atoms with Gasteiger partial charge in [0.2, 0.25) is 0 Å². The molecule has 0 saturated heterocycles. The molecule has 2 nitrogen and oxygen atoms in total. The van der Waals surface area contributed by atoms with Gasteiger partial charge in [-0.3, -0.25) is 0 Å². The lowest BCUT2D eigenvalue weighted by Crippen LogP contribution is -2.35. The van der Waals surface area contributed by atoms with Crippen LogP contribution in [0.25, 0.3) is 0 Å². The van der Waals surface area contributed by atoms with Gasteiger partial charge in [-0.25, -0.2) is 0 Å². The molecule has 5 atom stereocenters. The summed E-state index contributed by atoms with van der Waals surface area (Å²) in [5.74, 6) is 1.81. The number of aliphatic hydroxyl groups is 1. The molecule has 5 unspecified atom stereocenters. The lowest BCUT2D eigenvalue weighted by molar-refractivity contribution is -0.117. The minimum atomic E-state index is -0.541. The molecule has 1 saturated carbocycles. The molecule has 1 aromatic rings. The van der Waals surface area contributed by atoms with Gasteiger partial charge in [0.15, 0.2) is 0 Å². The molecule has 0 bridgehead atoms. The lowest BCUT2D eigenvalue weighted by atomic mass is 9.80. The highest BCUT2D eigenvalue weighted by atomic mass is 16.5. The van der Waals surface area contributed by atoms with E-state index in [9.17, 15) is 5.11 Å². The van der Waals surface area contributed by atoms with E-state index in [1.54, 1.807) is 0 Å². The van der Waals surface area contributed by atoms with Crippen molar-refractivity contribution in [2.45, 2.75) is 65.3 Å². The molecule has 0 spiro atoms. The van der Waals surface area contributed by atoms with Gasteiger partial charge >= 0.3 is 0 Å². The van der Waals surface area contributed by atoms with Gasteiger partial charge in [0, 0.05) is 0 Å². The number of aliphatic hydroxyl groups excluding tert-OH is 1. The van der Waals surface area contributed by atoms with Crippen LogP contribution in [0.2, 0.25) is 0 Å². The topological polar surface area (TPSA) is 29.5 Å². The number of benzene rings is 1. The van der Waals surface area contributed by atoms with Gasteiger partial charge in [-0.2, -0.15) is 0 Å². The Bertz CT molecular complexity index is 415. The molecule has 1 aliphatic rings. The van der Waals surface area contributed by atoms with Crippen LogP contribution in [0, 0.1) is 17.8 Å². The molecular weight excluding hydrogens is 260 g/mol. The fourth-order valence-corrected chi connectivity index (χ4v) is 3.28. The van der Waals surface area contributed by atoms with Crippen LogP contribution in [0.5, 0.6) is 0 Å². The molecule has 1 aromatic carbocycles. The zero-order chi connectivity index (χ0) is 15.4. The van der Waals surface area contributed by atoms with Crippen molar-refractivity contribution in [3.8, 4) is 0 Å². The Balaban J connectivity index is 2.02. The molecule has 1 aliphatic carbocycles. The number of hydrogen-bond donors (Lipinski definition) is 1. The number of rotatable bonds is 5. The molecule has 2 heteroatoms. The number of ether oxygens (including phenoxy) is 1. The molecular formula is C19H30O2. The van der Waals surface area contributed by atoms with E-state index in [-0.39, 0.29) is 6.10 Å². The van der Waals surface area contributed by atoms with E-state index in [1.807, 2.05) is 30.3 Å². The quantitative estimate of drug-likeness (QED) is 0.859. The first-order valence-corrected chi connectivity index (χ1v) is 8.37. The smallest absolute Gasteiger partial charge is 0.105 e. The normalized spacial score (nSPS) is 29.3. The van der Waals surface area contributed by atoms with Crippen molar-refractivity contribution in [3.05, 3.63) is 35.9 Å². The summed E-state index contributed by atoms with van der Waals surface area (Å²) in [5.41, 5.74) is 0.952. The average Bonchev–Trinajstić information content (AvgIpc) is 2.48. The van der Waals surface area contributed by atoms with Crippen molar-refractivity contribution in [2.24, 2.45) is 17.8 Å². The Kier molecular flexibility index (Phi) is 5.83. The van der Waals surface area contributed by atoms with Crippen molar-refractivity contribution >= 4 is 0 Å². The first kappa shape index (κ1) is 16.5. The van der Waals surface area contributed by atoms with E-state index >= 15 is 0 Å². The standard InChI is InChI=1S/C19H30O2/c1-13(2)19(18(20)16-8-6-5-7-9-16)21-17-11-10-14(3)15(4)12-17/h5-9,13-15,17-20H,10-12H2,1-4H3. The van der Waals surface area contributed by atoms with Crippen LogP contribution in [0.15, 0.2) is 30.3 Å². The van der Waals surface area contributed by atoms with Gasteiger partial charge < -0.3 is 9.84 Å². The van der Waals surface area contributed by atoms with Crippen LogP contribution in [-0.2, 0) is 4.74 Å². The maximum atomic E-state index is 10.7. The third kappa shape index (κ3) is 4.31. The second-order valence-electron chi connectivity index (χ2n) is 7.09. The van der Waals surface area contributed by atoms with Crippen molar-refractivity contribution < 1.29 is 9.84 Å². The minimum absolute atomic E-state index is 0.127. The van der Waals surface area contributed by atoms with Crippen LogP contribution < -0.4 is 0 Å². The second-order valence-corrected chi connectivity index (χ2v) is 7.09. The van der Waals surface area contributed by atoms with E-state index in [2.05, 4.69) is 27.7 Å². The highest BCUT2D eigenvalue weighted by Crippen LogP contribution is 2.34. The summed E-state index contributed by atoms with van der Waals surface area (Å²) in [4.78, 5) is 0. The van der Waals surface area contributed by atoms with Gasteiger partial charge in [-0.1, -0.05) is 58.0 Å². The zero-order valence-electron chi connectivity index (χ0n) is 13.8. The first-order chi connectivity index (χ1) is 9.99. The van der Waals surface area contributed by atoms with E-state index in [0.29, 0.717) is 17.9 Å². The second kappa shape index (κ2) is 7.42. The Morgan fingerprint density at radius 1 is 1.05 bits per heavy atom. The summed E-state index contributed by atoms with van der Waals surface area (Å²) in [6, 6.07) is 9.89. The molecule has 2 rings (SSSR count). The van der Waals surface area contributed by atoms with Gasteiger partial charge in [-0.15, -0.1) is 0 Å². The number of hydrogen-bond acceptors (Lipinski definition) is 2. The first-order valence-electron chi connectivity index (χ1n) is 8.37.